The summed E-state index contributed by atoms with van der Waals surface area (Å²) in [5, 5.41) is 7.42. The predicted molar refractivity (Wildman–Crippen MR) is 83.7 cm³/mol. The highest BCUT2D eigenvalue weighted by Crippen LogP contribution is 2.12. The van der Waals surface area contributed by atoms with E-state index in [0.29, 0.717) is 11.7 Å². The Hall–Kier alpha value is -1.88. The van der Waals surface area contributed by atoms with Crippen LogP contribution >= 0.6 is 12.2 Å². The Bertz CT molecular complexity index is 441. The topological polar surface area (TPSA) is 45.7 Å². The van der Waals surface area contributed by atoms with Crippen LogP contribution in [0, 0.1) is 0 Å². The Kier molecular flexibility index (Phi) is 6.60. The third-order valence-electron chi connectivity index (χ3n) is 2.04. The molecule has 0 aliphatic carbocycles. The number of benzene rings is 1. The highest BCUT2D eigenvalue weighted by atomic mass is 32.1. The molecule has 0 unspecified atom stereocenters. The van der Waals surface area contributed by atoms with Crippen LogP contribution in [-0.2, 0) is 0 Å². The van der Waals surface area contributed by atoms with Gasteiger partial charge < -0.3 is 10.1 Å². The largest absolute Gasteiger partial charge is 0.491 e. The van der Waals surface area contributed by atoms with E-state index in [9.17, 15) is 0 Å². The van der Waals surface area contributed by atoms with Gasteiger partial charge in [-0.3, -0.25) is 5.43 Å². The molecule has 102 valence electrons. The van der Waals surface area contributed by atoms with Crippen molar-refractivity contribution in [1.82, 2.24) is 10.7 Å². The van der Waals surface area contributed by atoms with Crippen LogP contribution in [0.1, 0.15) is 19.4 Å². The van der Waals surface area contributed by atoms with E-state index in [0.717, 1.165) is 11.3 Å². The molecule has 0 amide bonds. The predicted octanol–water partition coefficient (Wildman–Crippen LogP) is 2.46. The molecule has 1 aromatic rings. The van der Waals surface area contributed by atoms with Crippen molar-refractivity contribution >= 4 is 23.5 Å². The molecule has 0 saturated heterocycles. The van der Waals surface area contributed by atoms with E-state index in [1.165, 1.54) is 0 Å². The van der Waals surface area contributed by atoms with Crippen molar-refractivity contribution in [1.29, 1.82) is 0 Å². The molecule has 0 aliphatic rings. The lowest BCUT2D eigenvalue weighted by Gasteiger charge is -2.09. The van der Waals surface area contributed by atoms with Crippen molar-refractivity contribution in [2.24, 2.45) is 5.10 Å². The minimum Gasteiger partial charge on any atom is -0.491 e. The van der Waals surface area contributed by atoms with E-state index in [1.54, 1.807) is 12.3 Å². The molecular weight excluding hydrogens is 258 g/mol. The number of thiocarbonyl (C=S) groups is 1. The SMILES string of the molecule is C=CCNC(=S)N/N=C\c1ccc(OC(C)C)cc1. The van der Waals surface area contributed by atoms with Gasteiger partial charge >= 0.3 is 0 Å². The number of hydrogen-bond acceptors (Lipinski definition) is 3. The molecule has 4 nitrogen and oxygen atoms in total. The smallest absolute Gasteiger partial charge is 0.187 e. The average Bonchev–Trinajstić information content (AvgIpc) is 2.38. The number of nitrogens with zero attached hydrogens (tertiary/aromatic N) is 1. The fourth-order valence-electron chi connectivity index (χ4n) is 1.27. The van der Waals surface area contributed by atoms with Gasteiger partial charge in [-0.1, -0.05) is 6.08 Å². The quantitative estimate of drug-likeness (QED) is 0.363. The van der Waals surface area contributed by atoms with Crippen LogP contribution in [0.15, 0.2) is 42.0 Å². The zero-order valence-corrected chi connectivity index (χ0v) is 12.0. The first-order chi connectivity index (χ1) is 9.11. The summed E-state index contributed by atoms with van der Waals surface area (Å²) >= 11 is 5.00. The Balaban J connectivity index is 2.44. The normalized spacial score (nSPS) is 10.5. The molecule has 0 spiro atoms. The average molecular weight is 277 g/mol. The van der Waals surface area contributed by atoms with Crippen LogP contribution in [-0.4, -0.2) is 24.0 Å². The van der Waals surface area contributed by atoms with Crippen molar-refractivity contribution in [3.05, 3.63) is 42.5 Å². The number of rotatable bonds is 6. The fraction of sp³-hybridized carbons (Fsp3) is 0.286. The van der Waals surface area contributed by atoms with Crippen molar-refractivity contribution in [3.8, 4) is 5.75 Å². The molecule has 0 radical (unpaired) electrons. The van der Waals surface area contributed by atoms with Crippen LogP contribution in [0.5, 0.6) is 5.75 Å². The van der Waals surface area contributed by atoms with E-state index in [1.807, 2.05) is 38.1 Å². The summed E-state index contributed by atoms with van der Waals surface area (Å²) in [5.74, 6) is 0.850. The van der Waals surface area contributed by atoms with Gasteiger partial charge in [-0.15, -0.1) is 6.58 Å². The Morgan fingerprint density at radius 3 is 2.68 bits per heavy atom. The van der Waals surface area contributed by atoms with E-state index in [4.69, 9.17) is 17.0 Å². The van der Waals surface area contributed by atoms with Gasteiger partial charge in [0.2, 0.25) is 0 Å². The second kappa shape index (κ2) is 8.26. The van der Waals surface area contributed by atoms with Crippen LogP contribution in [0.2, 0.25) is 0 Å². The third kappa shape index (κ3) is 6.57. The molecule has 1 rings (SSSR count). The Labute approximate surface area is 119 Å². The summed E-state index contributed by atoms with van der Waals surface area (Å²) in [6, 6.07) is 7.69. The lowest BCUT2D eigenvalue weighted by atomic mass is 10.2. The first kappa shape index (κ1) is 15.2. The molecule has 0 fully saturated rings. The van der Waals surface area contributed by atoms with Gasteiger partial charge in [-0.2, -0.15) is 5.10 Å². The standard InChI is InChI=1S/C14H19N3OS/c1-4-9-15-14(19)17-16-10-12-5-7-13(8-6-12)18-11(2)3/h4-8,10-11H,1,9H2,2-3H3,(H2,15,17,19)/b16-10-. The minimum atomic E-state index is 0.175. The molecule has 2 N–H and O–H groups in total. The molecule has 0 heterocycles. The van der Waals surface area contributed by atoms with Gasteiger partial charge in [0.15, 0.2) is 5.11 Å². The molecule has 1 aromatic carbocycles. The minimum absolute atomic E-state index is 0.175. The van der Waals surface area contributed by atoms with Crippen molar-refractivity contribution in [2.75, 3.05) is 6.54 Å². The number of hydrazone groups is 1. The number of nitrogens with one attached hydrogen (secondary N) is 2. The fourth-order valence-corrected chi connectivity index (χ4v) is 1.41. The molecule has 19 heavy (non-hydrogen) atoms. The number of hydrogen-bond donors (Lipinski definition) is 2. The molecule has 5 heteroatoms. The molecule has 0 bridgehead atoms. The monoisotopic (exact) mass is 277 g/mol. The summed E-state index contributed by atoms with van der Waals surface area (Å²) in [5.41, 5.74) is 3.69. The first-order valence-electron chi connectivity index (χ1n) is 6.06. The maximum atomic E-state index is 5.56. The van der Waals surface area contributed by atoms with Crippen molar-refractivity contribution < 1.29 is 4.74 Å². The van der Waals surface area contributed by atoms with E-state index in [-0.39, 0.29) is 6.10 Å². The lowest BCUT2D eigenvalue weighted by molar-refractivity contribution is 0.242. The zero-order chi connectivity index (χ0) is 14.1. The van der Waals surface area contributed by atoms with Gasteiger partial charge in [0.25, 0.3) is 0 Å². The van der Waals surface area contributed by atoms with Gasteiger partial charge in [0.05, 0.1) is 12.3 Å². The van der Waals surface area contributed by atoms with E-state index >= 15 is 0 Å². The van der Waals surface area contributed by atoms with Crippen LogP contribution < -0.4 is 15.5 Å². The lowest BCUT2D eigenvalue weighted by Crippen LogP contribution is -2.31. The molecule has 0 aliphatic heterocycles. The summed E-state index contributed by atoms with van der Waals surface area (Å²) in [4.78, 5) is 0. The van der Waals surface area contributed by atoms with E-state index < -0.39 is 0 Å². The molecule has 0 atom stereocenters. The highest BCUT2D eigenvalue weighted by molar-refractivity contribution is 7.80. The Morgan fingerprint density at radius 2 is 2.11 bits per heavy atom. The highest BCUT2D eigenvalue weighted by Gasteiger charge is 1.96. The van der Waals surface area contributed by atoms with Crippen molar-refractivity contribution in [3.63, 3.8) is 0 Å². The van der Waals surface area contributed by atoms with Crippen LogP contribution in [0.4, 0.5) is 0 Å². The van der Waals surface area contributed by atoms with Gasteiger partial charge in [0.1, 0.15) is 5.75 Å². The van der Waals surface area contributed by atoms with Gasteiger partial charge in [-0.05, 0) is 55.9 Å². The van der Waals surface area contributed by atoms with Gasteiger partial charge in [-0.25, -0.2) is 0 Å². The maximum Gasteiger partial charge on any atom is 0.187 e. The number of ether oxygens (including phenoxy) is 1. The van der Waals surface area contributed by atoms with Crippen LogP contribution in [0.3, 0.4) is 0 Å². The zero-order valence-electron chi connectivity index (χ0n) is 11.2. The van der Waals surface area contributed by atoms with Crippen molar-refractivity contribution in [2.45, 2.75) is 20.0 Å². The summed E-state index contributed by atoms with van der Waals surface area (Å²) in [7, 11) is 0. The summed E-state index contributed by atoms with van der Waals surface area (Å²) < 4.78 is 5.56. The first-order valence-corrected chi connectivity index (χ1v) is 6.47. The molecule has 0 aromatic heterocycles. The second-order valence-corrected chi connectivity index (χ2v) is 4.51. The Morgan fingerprint density at radius 1 is 1.42 bits per heavy atom. The second-order valence-electron chi connectivity index (χ2n) is 4.10. The maximum absolute atomic E-state index is 5.56. The van der Waals surface area contributed by atoms with E-state index in [2.05, 4.69) is 22.4 Å². The molecule has 0 saturated carbocycles. The third-order valence-corrected chi connectivity index (χ3v) is 2.27. The summed E-state index contributed by atoms with van der Waals surface area (Å²) in [6.45, 7) is 8.20. The summed E-state index contributed by atoms with van der Waals surface area (Å²) in [6.07, 6.45) is 3.60. The van der Waals surface area contributed by atoms with Gasteiger partial charge in [0, 0.05) is 6.54 Å². The van der Waals surface area contributed by atoms with Crippen LogP contribution in [0.25, 0.3) is 0 Å². The molecular formula is C14H19N3OS.